The maximum absolute atomic E-state index is 13.4. The van der Waals surface area contributed by atoms with E-state index in [1.54, 1.807) is 24.3 Å². The number of carbonyl (C=O) groups excluding carboxylic acids is 4. The number of amides is 3. The standard InChI is InChI=1S/C24H26N2O8/c1-15(27)34-18-10-8-17(9-11-18)26-21(28)13-20(24(26)30)25(14-22(32-3)33-4)23(29)16-6-5-7-19(12-16)31-2/h5-12,20,22H,13-14H2,1-4H3. The topological polar surface area (TPSA) is 112 Å². The van der Waals surface area contributed by atoms with Crippen LogP contribution in [-0.4, -0.2) is 68.8 Å². The first-order valence-electron chi connectivity index (χ1n) is 10.4. The van der Waals surface area contributed by atoms with Gasteiger partial charge in [0.1, 0.15) is 17.5 Å². The van der Waals surface area contributed by atoms with Crippen LogP contribution in [0.2, 0.25) is 0 Å². The van der Waals surface area contributed by atoms with E-state index in [4.69, 9.17) is 18.9 Å². The van der Waals surface area contributed by atoms with Crippen molar-refractivity contribution in [3.05, 3.63) is 54.1 Å². The van der Waals surface area contributed by atoms with E-state index in [-0.39, 0.29) is 24.3 Å². The maximum Gasteiger partial charge on any atom is 0.308 e. The molecule has 1 atom stereocenters. The summed E-state index contributed by atoms with van der Waals surface area (Å²) >= 11 is 0. The van der Waals surface area contributed by atoms with E-state index in [1.807, 2.05) is 0 Å². The number of nitrogens with zero attached hydrogens (tertiary/aromatic N) is 2. The lowest BCUT2D eigenvalue weighted by Gasteiger charge is -2.30. The van der Waals surface area contributed by atoms with Crippen LogP contribution >= 0.6 is 0 Å². The second-order valence-electron chi connectivity index (χ2n) is 7.47. The van der Waals surface area contributed by atoms with Crippen LogP contribution in [0.15, 0.2) is 48.5 Å². The van der Waals surface area contributed by atoms with Crippen LogP contribution in [0.25, 0.3) is 0 Å². The van der Waals surface area contributed by atoms with E-state index in [2.05, 4.69) is 0 Å². The van der Waals surface area contributed by atoms with Crippen molar-refractivity contribution in [3.63, 3.8) is 0 Å². The number of benzene rings is 2. The first-order valence-corrected chi connectivity index (χ1v) is 10.4. The fourth-order valence-electron chi connectivity index (χ4n) is 3.64. The van der Waals surface area contributed by atoms with Crippen LogP contribution in [-0.2, 0) is 23.9 Å². The summed E-state index contributed by atoms with van der Waals surface area (Å²) in [5.74, 6) is -1.23. The first-order chi connectivity index (χ1) is 16.3. The molecule has 1 heterocycles. The lowest BCUT2D eigenvalue weighted by molar-refractivity contribution is -0.132. The van der Waals surface area contributed by atoms with Gasteiger partial charge >= 0.3 is 5.97 Å². The summed E-state index contributed by atoms with van der Waals surface area (Å²) in [6.07, 6.45) is -1.02. The van der Waals surface area contributed by atoms with Crippen molar-refractivity contribution in [2.45, 2.75) is 25.7 Å². The number of esters is 1. The van der Waals surface area contributed by atoms with Gasteiger partial charge in [-0.1, -0.05) is 6.07 Å². The second kappa shape index (κ2) is 10.9. The number of hydrogen-bond donors (Lipinski definition) is 0. The molecule has 1 unspecified atom stereocenters. The van der Waals surface area contributed by atoms with Gasteiger partial charge in [-0.25, -0.2) is 4.90 Å². The highest BCUT2D eigenvalue weighted by molar-refractivity contribution is 6.23. The normalized spacial score (nSPS) is 15.6. The number of imide groups is 1. The molecule has 0 aliphatic carbocycles. The largest absolute Gasteiger partial charge is 0.497 e. The molecule has 1 aliphatic heterocycles. The van der Waals surface area contributed by atoms with E-state index >= 15 is 0 Å². The minimum Gasteiger partial charge on any atom is -0.497 e. The summed E-state index contributed by atoms with van der Waals surface area (Å²) in [5.41, 5.74) is 0.590. The van der Waals surface area contributed by atoms with Crippen molar-refractivity contribution in [3.8, 4) is 11.5 Å². The quantitative estimate of drug-likeness (QED) is 0.237. The Bertz CT molecular complexity index is 1060. The Morgan fingerprint density at radius 2 is 1.71 bits per heavy atom. The minimum atomic E-state index is -1.06. The molecule has 1 fully saturated rings. The summed E-state index contributed by atoms with van der Waals surface area (Å²) in [6.45, 7) is 1.19. The van der Waals surface area contributed by atoms with Gasteiger partial charge in [-0.3, -0.25) is 19.2 Å². The van der Waals surface area contributed by atoms with E-state index in [0.717, 1.165) is 4.90 Å². The Labute approximate surface area is 196 Å². The monoisotopic (exact) mass is 470 g/mol. The van der Waals surface area contributed by atoms with E-state index < -0.39 is 36.0 Å². The predicted octanol–water partition coefficient (Wildman–Crippen LogP) is 2.01. The molecule has 0 aromatic heterocycles. The Balaban J connectivity index is 1.91. The van der Waals surface area contributed by atoms with Gasteiger partial charge in [0, 0.05) is 26.7 Å². The maximum atomic E-state index is 13.4. The van der Waals surface area contributed by atoms with Gasteiger partial charge in [0.15, 0.2) is 6.29 Å². The number of rotatable bonds is 9. The molecule has 3 amide bonds. The molecule has 3 rings (SSSR count). The fourth-order valence-corrected chi connectivity index (χ4v) is 3.64. The molecular formula is C24H26N2O8. The zero-order valence-corrected chi connectivity index (χ0v) is 19.3. The Kier molecular flexibility index (Phi) is 7.98. The molecule has 0 spiro atoms. The fraction of sp³-hybridized carbons (Fsp3) is 0.333. The predicted molar refractivity (Wildman–Crippen MR) is 120 cm³/mol. The zero-order chi connectivity index (χ0) is 24.8. The molecule has 10 nitrogen and oxygen atoms in total. The lowest BCUT2D eigenvalue weighted by Crippen LogP contribution is -2.49. The van der Waals surface area contributed by atoms with Gasteiger partial charge in [0.05, 0.1) is 25.8 Å². The van der Waals surface area contributed by atoms with Crippen molar-refractivity contribution >= 4 is 29.4 Å². The third kappa shape index (κ3) is 5.41. The molecule has 1 aliphatic rings. The van der Waals surface area contributed by atoms with Gasteiger partial charge in [0.2, 0.25) is 5.91 Å². The molecule has 0 radical (unpaired) electrons. The summed E-state index contributed by atoms with van der Waals surface area (Å²) in [7, 11) is 4.32. The average molecular weight is 470 g/mol. The molecule has 0 saturated carbocycles. The van der Waals surface area contributed by atoms with Crippen LogP contribution in [0, 0.1) is 0 Å². The number of carbonyl (C=O) groups is 4. The van der Waals surface area contributed by atoms with Crippen molar-refractivity contribution in [2.75, 3.05) is 32.8 Å². The molecular weight excluding hydrogens is 444 g/mol. The smallest absolute Gasteiger partial charge is 0.308 e. The third-order valence-electron chi connectivity index (χ3n) is 5.30. The molecule has 34 heavy (non-hydrogen) atoms. The van der Waals surface area contributed by atoms with Gasteiger partial charge in [-0.15, -0.1) is 0 Å². The molecule has 2 aromatic rings. The molecule has 1 saturated heterocycles. The summed E-state index contributed by atoms with van der Waals surface area (Å²) in [6, 6.07) is 11.4. The van der Waals surface area contributed by atoms with Crippen LogP contribution in [0.1, 0.15) is 23.7 Å². The van der Waals surface area contributed by atoms with Crippen LogP contribution in [0.4, 0.5) is 5.69 Å². The Morgan fingerprint density at radius 1 is 1.03 bits per heavy atom. The van der Waals surface area contributed by atoms with E-state index in [9.17, 15) is 19.2 Å². The number of hydrogen-bond acceptors (Lipinski definition) is 8. The van der Waals surface area contributed by atoms with Crippen molar-refractivity contribution in [1.29, 1.82) is 0 Å². The number of methoxy groups -OCH3 is 3. The van der Waals surface area contributed by atoms with Gasteiger partial charge in [-0.05, 0) is 42.5 Å². The van der Waals surface area contributed by atoms with Crippen molar-refractivity contribution in [1.82, 2.24) is 4.90 Å². The van der Waals surface area contributed by atoms with Crippen LogP contribution < -0.4 is 14.4 Å². The highest BCUT2D eigenvalue weighted by atomic mass is 16.7. The van der Waals surface area contributed by atoms with Gasteiger partial charge in [-0.2, -0.15) is 0 Å². The van der Waals surface area contributed by atoms with E-state index in [1.165, 1.54) is 57.4 Å². The minimum absolute atomic E-state index is 0.0774. The van der Waals surface area contributed by atoms with Crippen LogP contribution in [0.3, 0.4) is 0 Å². The number of anilines is 1. The highest BCUT2D eigenvalue weighted by Crippen LogP contribution is 2.29. The average Bonchev–Trinajstić information content (AvgIpc) is 3.13. The Morgan fingerprint density at radius 3 is 2.29 bits per heavy atom. The molecule has 0 N–H and O–H groups in total. The van der Waals surface area contributed by atoms with E-state index in [0.29, 0.717) is 11.4 Å². The van der Waals surface area contributed by atoms with Crippen molar-refractivity contribution < 1.29 is 38.1 Å². The number of ether oxygens (including phenoxy) is 4. The summed E-state index contributed by atoms with van der Waals surface area (Å²) < 4.78 is 20.7. The van der Waals surface area contributed by atoms with Crippen LogP contribution in [0.5, 0.6) is 11.5 Å². The molecule has 0 bridgehead atoms. The molecule has 10 heteroatoms. The molecule has 180 valence electrons. The van der Waals surface area contributed by atoms with Gasteiger partial charge < -0.3 is 23.8 Å². The third-order valence-corrected chi connectivity index (χ3v) is 5.30. The summed E-state index contributed by atoms with van der Waals surface area (Å²) in [4.78, 5) is 53.1. The second-order valence-corrected chi connectivity index (χ2v) is 7.47. The molecule has 2 aromatic carbocycles. The van der Waals surface area contributed by atoms with Gasteiger partial charge in [0.25, 0.3) is 11.8 Å². The lowest BCUT2D eigenvalue weighted by atomic mass is 10.1. The SMILES string of the molecule is COc1cccc(C(=O)N(CC(OC)OC)C2CC(=O)N(c3ccc(OC(C)=O)cc3)C2=O)c1. The Hall–Kier alpha value is -3.76. The first kappa shape index (κ1) is 24.9. The zero-order valence-electron chi connectivity index (χ0n) is 19.3. The summed E-state index contributed by atoms with van der Waals surface area (Å²) in [5, 5.41) is 0. The van der Waals surface area contributed by atoms with Crippen molar-refractivity contribution in [2.24, 2.45) is 0 Å². The highest BCUT2D eigenvalue weighted by Gasteiger charge is 2.45.